The van der Waals surface area contributed by atoms with E-state index >= 15 is 0 Å². The molecule has 0 fully saturated rings. The highest BCUT2D eigenvalue weighted by Gasteiger charge is 2.22. The van der Waals surface area contributed by atoms with Gasteiger partial charge in [0.1, 0.15) is 0 Å². The molecule has 0 nitrogen and oxygen atoms in total. The summed E-state index contributed by atoms with van der Waals surface area (Å²) < 4.78 is 0. The molecule has 0 saturated carbocycles. The molecule has 0 saturated heterocycles. The third-order valence-electron chi connectivity index (χ3n) is 7.11. The average Bonchev–Trinajstić information content (AvgIpc) is 3.32. The number of rotatable bonds is 0. The summed E-state index contributed by atoms with van der Waals surface area (Å²) in [5.74, 6) is 0. The number of hydrogen-bond acceptors (Lipinski definition) is 0. The van der Waals surface area contributed by atoms with E-state index in [1.807, 2.05) is 0 Å². The molecule has 0 aliphatic heterocycles. The largest absolute Gasteiger partial charge is 0.0616 e. The van der Waals surface area contributed by atoms with Crippen molar-refractivity contribution in [3.05, 3.63) is 97.1 Å². The summed E-state index contributed by atoms with van der Waals surface area (Å²) in [5, 5.41) is 19.3. The van der Waals surface area contributed by atoms with E-state index in [1.54, 1.807) is 0 Å². The standard InChI is InChI=1S/C30H16/c1-2-9-18-17(8-1)16-25-20-11-4-5-12-21(20)27-24-15-7-14-22-19-10-3-6-13-23(19)29(26(22)24)28(18)30(25)27/h1-16H. The molecular weight excluding hydrogens is 360 g/mol. The molecule has 136 valence electrons. The summed E-state index contributed by atoms with van der Waals surface area (Å²) in [6.45, 7) is 0. The third-order valence-corrected chi connectivity index (χ3v) is 7.11. The monoisotopic (exact) mass is 376 g/mol. The second-order valence-corrected chi connectivity index (χ2v) is 8.46. The molecular formula is C30H16. The van der Waals surface area contributed by atoms with Crippen molar-refractivity contribution < 1.29 is 0 Å². The van der Waals surface area contributed by atoms with Gasteiger partial charge in [-0.15, -0.1) is 0 Å². The molecule has 0 unspecified atom stereocenters. The third kappa shape index (κ3) is 1.55. The molecule has 0 bridgehead atoms. The zero-order valence-electron chi connectivity index (χ0n) is 16.2. The fraction of sp³-hybridized carbons (Fsp3) is 0. The molecule has 0 aliphatic rings. The van der Waals surface area contributed by atoms with Crippen LogP contribution in [0, 0.1) is 0 Å². The molecule has 0 aromatic heterocycles. The normalized spacial score (nSPS) is 12.7. The molecule has 8 rings (SSSR count). The van der Waals surface area contributed by atoms with Crippen molar-refractivity contribution in [3.63, 3.8) is 0 Å². The first-order valence-electron chi connectivity index (χ1n) is 10.6. The zero-order valence-corrected chi connectivity index (χ0v) is 16.2. The Morgan fingerprint density at radius 2 is 0.700 bits per heavy atom. The van der Waals surface area contributed by atoms with Crippen molar-refractivity contribution in [1.82, 2.24) is 0 Å². The molecule has 30 heavy (non-hydrogen) atoms. The Morgan fingerprint density at radius 1 is 0.267 bits per heavy atom. The highest BCUT2D eigenvalue weighted by atomic mass is 14.2. The maximum Gasteiger partial charge on any atom is -0.000719 e. The fourth-order valence-corrected chi connectivity index (χ4v) is 6.01. The van der Waals surface area contributed by atoms with E-state index in [0.29, 0.717) is 0 Å². The van der Waals surface area contributed by atoms with Gasteiger partial charge in [0.25, 0.3) is 0 Å². The van der Waals surface area contributed by atoms with Crippen LogP contribution in [0.4, 0.5) is 0 Å². The molecule has 0 N–H and O–H groups in total. The van der Waals surface area contributed by atoms with Gasteiger partial charge < -0.3 is 0 Å². The average molecular weight is 376 g/mol. The lowest BCUT2D eigenvalue weighted by Crippen LogP contribution is -1.82. The van der Waals surface area contributed by atoms with Crippen molar-refractivity contribution in [2.24, 2.45) is 0 Å². The predicted molar refractivity (Wildman–Crippen MR) is 131 cm³/mol. The summed E-state index contributed by atoms with van der Waals surface area (Å²) >= 11 is 0. The highest BCUT2D eigenvalue weighted by Crippen LogP contribution is 2.51. The molecule has 8 aromatic rings. The molecule has 0 heteroatoms. The van der Waals surface area contributed by atoms with Gasteiger partial charge in [-0.05, 0) is 81.5 Å². The summed E-state index contributed by atoms with van der Waals surface area (Å²) in [7, 11) is 0. The minimum absolute atomic E-state index is 1.32. The first-order valence-corrected chi connectivity index (χ1v) is 10.6. The molecule has 0 radical (unpaired) electrons. The maximum atomic E-state index is 2.40. The lowest BCUT2D eigenvalue weighted by molar-refractivity contribution is 1.83. The summed E-state index contributed by atoms with van der Waals surface area (Å²) in [6.07, 6.45) is 0. The Bertz CT molecular complexity index is 1940. The zero-order chi connectivity index (χ0) is 19.4. The van der Waals surface area contributed by atoms with E-state index < -0.39 is 0 Å². The van der Waals surface area contributed by atoms with Crippen LogP contribution in [0.25, 0.3) is 75.4 Å². The molecule has 0 heterocycles. The lowest BCUT2D eigenvalue weighted by Gasteiger charge is -2.11. The SMILES string of the molecule is c1ccc2c(c1)cc1c3ccccc3c3c4cccc5c6ccccc6c(c54)c2c13. The van der Waals surface area contributed by atoms with E-state index in [0.717, 1.165) is 0 Å². The molecule has 0 aliphatic carbocycles. The van der Waals surface area contributed by atoms with Crippen LogP contribution < -0.4 is 0 Å². The molecule has 0 atom stereocenters. The molecule has 0 spiro atoms. The van der Waals surface area contributed by atoms with Gasteiger partial charge in [0.2, 0.25) is 0 Å². The lowest BCUT2D eigenvalue weighted by atomic mass is 9.92. The minimum Gasteiger partial charge on any atom is -0.0616 e. The van der Waals surface area contributed by atoms with Crippen molar-refractivity contribution in [2.45, 2.75) is 0 Å². The summed E-state index contributed by atoms with van der Waals surface area (Å²) in [4.78, 5) is 0. The Kier molecular flexibility index (Phi) is 2.49. The second-order valence-electron chi connectivity index (χ2n) is 8.46. The van der Waals surface area contributed by atoms with Gasteiger partial charge in [-0.2, -0.15) is 0 Å². The van der Waals surface area contributed by atoms with E-state index in [4.69, 9.17) is 0 Å². The van der Waals surface area contributed by atoms with E-state index in [1.165, 1.54) is 75.4 Å². The van der Waals surface area contributed by atoms with Crippen molar-refractivity contribution in [2.75, 3.05) is 0 Å². The Morgan fingerprint density at radius 3 is 1.43 bits per heavy atom. The first-order chi connectivity index (χ1) is 14.9. The highest BCUT2D eigenvalue weighted by molar-refractivity contribution is 6.50. The second kappa shape index (κ2) is 4.98. The smallest absolute Gasteiger partial charge is 0.000719 e. The molecule has 0 amide bonds. The minimum atomic E-state index is 1.32. The number of fused-ring (bicyclic) bond motifs is 10. The van der Waals surface area contributed by atoms with Crippen LogP contribution in [0.2, 0.25) is 0 Å². The summed E-state index contributed by atoms with van der Waals surface area (Å²) in [6, 6.07) is 36.0. The van der Waals surface area contributed by atoms with Gasteiger partial charge in [-0.25, -0.2) is 0 Å². The van der Waals surface area contributed by atoms with Gasteiger partial charge in [0, 0.05) is 0 Å². The number of benzene rings is 6. The van der Waals surface area contributed by atoms with Crippen LogP contribution in [0.15, 0.2) is 97.1 Å². The Hall–Kier alpha value is -3.90. The van der Waals surface area contributed by atoms with Gasteiger partial charge in [-0.3, -0.25) is 0 Å². The Labute approximate surface area is 172 Å². The first kappa shape index (κ1) is 15.0. The van der Waals surface area contributed by atoms with Crippen molar-refractivity contribution in [3.8, 4) is 0 Å². The quantitative estimate of drug-likeness (QED) is 0.183. The summed E-state index contributed by atoms with van der Waals surface area (Å²) in [5.41, 5.74) is 0. The van der Waals surface area contributed by atoms with Crippen LogP contribution in [0.5, 0.6) is 0 Å². The fourth-order valence-electron chi connectivity index (χ4n) is 6.01. The van der Waals surface area contributed by atoms with Gasteiger partial charge in [-0.1, -0.05) is 91.0 Å². The van der Waals surface area contributed by atoms with Crippen molar-refractivity contribution in [1.29, 1.82) is 0 Å². The van der Waals surface area contributed by atoms with Crippen molar-refractivity contribution >= 4 is 75.4 Å². The number of hydrogen-bond donors (Lipinski definition) is 0. The van der Waals surface area contributed by atoms with Crippen LogP contribution in [0.1, 0.15) is 0 Å². The van der Waals surface area contributed by atoms with Crippen LogP contribution in [-0.2, 0) is 0 Å². The predicted octanol–water partition coefficient (Wildman–Crippen LogP) is 8.63. The van der Waals surface area contributed by atoms with E-state index in [-0.39, 0.29) is 0 Å². The van der Waals surface area contributed by atoms with Crippen LogP contribution in [0.3, 0.4) is 0 Å². The maximum absolute atomic E-state index is 2.40. The van der Waals surface area contributed by atoms with Crippen LogP contribution in [-0.4, -0.2) is 0 Å². The van der Waals surface area contributed by atoms with E-state index in [2.05, 4.69) is 97.1 Å². The Balaban J connectivity index is 1.92. The van der Waals surface area contributed by atoms with Crippen LogP contribution >= 0.6 is 0 Å². The van der Waals surface area contributed by atoms with E-state index in [9.17, 15) is 0 Å². The van der Waals surface area contributed by atoms with Gasteiger partial charge >= 0.3 is 0 Å². The molecule has 8 aromatic carbocycles. The topological polar surface area (TPSA) is 0 Å². The van der Waals surface area contributed by atoms with Gasteiger partial charge in [0.15, 0.2) is 0 Å². The van der Waals surface area contributed by atoms with Gasteiger partial charge in [0.05, 0.1) is 0 Å².